The van der Waals surface area contributed by atoms with E-state index in [9.17, 15) is 14.9 Å². The van der Waals surface area contributed by atoms with Crippen LogP contribution in [0.3, 0.4) is 0 Å². The van der Waals surface area contributed by atoms with Crippen LogP contribution in [-0.4, -0.2) is 41.4 Å². The summed E-state index contributed by atoms with van der Waals surface area (Å²) in [6.07, 6.45) is 0. The molecule has 6 nitrogen and oxygen atoms in total. The second kappa shape index (κ2) is 5.11. The quantitative estimate of drug-likeness (QED) is 0.662. The maximum atomic E-state index is 12.7. The number of nitrogens with zero attached hydrogens (tertiary/aromatic N) is 2. The Bertz CT molecular complexity index is 602. The Morgan fingerprint density at radius 2 is 2.19 bits per heavy atom. The van der Waals surface area contributed by atoms with Gasteiger partial charge in [0.2, 0.25) is 0 Å². The summed E-state index contributed by atoms with van der Waals surface area (Å²) in [5.74, 6) is 1.03. The molecule has 0 spiro atoms. The molecule has 2 aliphatic rings. The summed E-state index contributed by atoms with van der Waals surface area (Å²) in [4.78, 5) is 25.0. The zero-order valence-corrected chi connectivity index (χ0v) is 12.2. The number of carbonyl (C=O) groups is 1. The molecule has 0 aromatic heterocycles. The van der Waals surface area contributed by atoms with Gasteiger partial charge in [0.25, 0.3) is 11.6 Å². The molecule has 2 saturated heterocycles. The van der Waals surface area contributed by atoms with Crippen molar-refractivity contribution in [2.45, 2.75) is 19.9 Å². The van der Waals surface area contributed by atoms with Crippen LogP contribution >= 0.6 is 0 Å². The molecule has 2 heterocycles. The normalized spacial score (nSPS) is 27.7. The van der Waals surface area contributed by atoms with Gasteiger partial charge in [0.1, 0.15) is 0 Å². The fourth-order valence-electron chi connectivity index (χ4n) is 3.59. The van der Waals surface area contributed by atoms with Crippen molar-refractivity contribution in [3.63, 3.8) is 0 Å². The van der Waals surface area contributed by atoms with Crippen molar-refractivity contribution in [3.05, 3.63) is 39.4 Å². The number of amides is 1. The van der Waals surface area contributed by atoms with E-state index >= 15 is 0 Å². The van der Waals surface area contributed by atoms with Gasteiger partial charge in [0.05, 0.1) is 4.92 Å². The first kappa shape index (κ1) is 14.0. The largest absolute Gasteiger partial charge is 0.335 e. The molecule has 0 saturated carbocycles. The number of nitro groups is 1. The molecule has 3 rings (SSSR count). The molecule has 0 bridgehead atoms. The van der Waals surface area contributed by atoms with Gasteiger partial charge in [-0.1, -0.05) is 0 Å². The number of benzene rings is 1. The fourth-order valence-corrected chi connectivity index (χ4v) is 3.59. The maximum Gasteiger partial charge on any atom is 0.272 e. The predicted molar refractivity (Wildman–Crippen MR) is 78.2 cm³/mol. The van der Waals surface area contributed by atoms with Gasteiger partial charge < -0.3 is 10.2 Å². The summed E-state index contributed by atoms with van der Waals surface area (Å²) >= 11 is 0. The Morgan fingerprint density at radius 3 is 2.81 bits per heavy atom. The van der Waals surface area contributed by atoms with E-state index < -0.39 is 4.92 Å². The monoisotopic (exact) mass is 289 g/mol. The third-order valence-electron chi connectivity index (χ3n) is 4.84. The van der Waals surface area contributed by atoms with E-state index in [0.29, 0.717) is 23.0 Å². The zero-order chi connectivity index (χ0) is 15.1. The topological polar surface area (TPSA) is 75.5 Å². The van der Waals surface area contributed by atoms with E-state index in [1.807, 2.05) is 4.90 Å². The first-order chi connectivity index (χ1) is 9.99. The molecule has 3 unspecified atom stereocenters. The number of likely N-dealkylation sites (tertiary alicyclic amines) is 1. The Morgan fingerprint density at radius 1 is 1.43 bits per heavy atom. The standard InChI is InChI=1S/C15H19N3O3/c1-9-5-11(3-4-14(9)18(20)21)15(19)17-8-12-6-16-7-13(12)10(17)2/h3-5,10,12-13,16H,6-8H2,1-2H3. The van der Waals surface area contributed by atoms with Crippen molar-refractivity contribution < 1.29 is 9.72 Å². The summed E-state index contributed by atoms with van der Waals surface area (Å²) in [6.45, 7) is 6.47. The maximum absolute atomic E-state index is 12.7. The minimum atomic E-state index is -0.419. The zero-order valence-electron chi connectivity index (χ0n) is 12.2. The third kappa shape index (κ3) is 2.29. The second-order valence-corrected chi connectivity index (χ2v) is 6.04. The number of hydrogen-bond donors (Lipinski definition) is 1. The van der Waals surface area contributed by atoms with Crippen molar-refractivity contribution in [1.29, 1.82) is 0 Å². The highest BCUT2D eigenvalue weighted by Gasteiger charge is 2.43. The van der Waals surface area contributed by atoms with Gasteiger partial charge in [-0.25, -0.2) is 0 Å². The van der Waals surface area contributed by atoms with Gasteiger partial charge >= 0.3 is 0 Å². The van der Waals surface area contributed by atoms with Gasteiger partial charge in [-0.05, 0) is 37.8 Å². The van der Waals surface area contributed by atoms with Crippen LogP contribution in [-0.2, 0) is 0 Å². The van der Waals surface area contributed by atoms with Crippen LogP contribution in [0.5, 0.6) is 0 Å². The minimum Gasteiger partial charge on any atom is -0.335 e. The molecule has 1 N–H and O–H groups in total. The number of nitrogens with one attached hydrogen (secondary N) is 1. The smallest absolute Gasteiger partial charge is 0.272 e. The van der Waals surface area contributed by atoms with Gasteiger partial charge in [0, 0.05) is 42.9 Å². The predicted octanol–water partition coefficient (Wildman–Crippen LogP) is 1.58. The second-order valence-electron chi connectivity index (χ2n) is 6.04. The molecule has 1 aromatic carbocycles. The van der Waals surface area contributed by atoms with Crippen molar-refractivity contribution in [3.8, 4) is 0 Å². The van der Waals surface area contributed by atoms with E-state index in [2.05, 4.69) is 12.2 Å². The summed E-state index contributed by atoms with van der Waals surface area (Å²) in [7, 11) is 0. The highest BCUT2D eigenvalue weighted by atomic mass is 16.6. The molecular formula is C15H19N3O3. The Balaban J connectivity index is 1.83. The number of fused-ring (bicyclic) bond motifs is 1. The number of nitro benzene ring substituents is 1. The first-order valence-electron chi connectivity index (χ1n) is 7.25. The van der Waals surface area contributed by atoms with Crippen LogP contribution in [0.25, 0.3) is 0 Å². The summed E-state index contributed by atoms with van der Waals surface area (Å²) < 4.78 is 0. The lowest BCUT2D eigenvalue weighted by molar-refractivity contribution is -0.385. The molecule has 112 valence electrons. The molecule has 2 aliphatic heterocycles. The Hall–Kier alpha value is -1.95. The molecule has 3 atom stereocenters. The average Bonchev–Trinajstić information content (AvgIpc) is 3.01. The molecule has 2 fully saturated rings. The summed E-state index contributed by atoms with van der Waals surface area (Å²) in [5.41, 5.74) is 1.12. The van der Waals surface area contributed by atoms with E-state index in [1.165, 1.54) is 6.07 Å². The fraction of sp³-hybridized carbons (Fsp3) is 0.533. The molecule has 6 heteroatoms. The van der Waals surface area contributed by atoms with Crippen molar-refractivity contribution >= 4 is 11.6 Å². The number of aryl methyl sites for hydroxylation is 1. The van der Waals surface area contributed by atoms with E-state index in [1.54, 1.807) is 19.1 Å². The van der Waals surface area contributed by atoms with E-state index in [0.717, 1.165) is 19.6 Å². The SMILES string of the molecule is Cc1cc(C(=O)N2CC3CNCC3C2C)ccc1[N+](=O)[O-]. The first-order valence-corrected chi connectivity index (χ1v) is 7.25. The molecule has 21 heavy (non-hydrogen) atoms. The molecule has 1 amide bonds. The lowest BCUT2D eigenvalue weighted by atomic mass is 9.95. The van der Waals surface area contributed by atoms with Crippen molar-refractivity contribution in [2.75, 3.05) is 19.6 Å². The molecular weight excluding hydrogens is 270 g/mol. The Labute approximate surface area is 123 Å². The summed E-state index contributed by atoms with van der Waals surface area (Å²) in [5, 5.41) is 14.2. The Kier molecular flexibility index (Phi) is 3.41. The van der Waals surface area contributed by atoms with Gasteiger partial charge in [-0.2, -0.15) is 0 Å². The van der Waals surface area contributed by atoms with Crippen LogP contribution in [0.1, 0.15) is 22.8 Å². The average molecular weight is 289 g/mol. The molecule has 1 aromatic rings. The third-order valence-corrected chi connectivity index (χ3v) is 4.84. The number of carbonyl (C=O) groups excluding carboxylic acids is 1. The van der Waals surface area contributed by atoms with Crippen LogP contribution in [0.2, 0.25) is 0 Å². The van der Waals surface area contributed by atoms with Crippen LogP contribution < -0.4 is 5.32 Å². The minimum absolute atomic E-state index is 0.0186. The number of rotatable bonds is 2. The lowest BCUT2D eigenvalue weighted by Gasteiger charge is -2.24. The number of hydrogen-bond acceptors (Lipinski definition) is 4. The highest BCUT2D eigenvalue weighted by Crippen LogP contribution is 2.33. The van der Waals surface area contributed by atoms with Crippen LogP contribution in [0.15, 0.2) is 18.2 Å². The van der Waals surface area contributed by atoms with Gasteiger partial charge in [-0.15, -0.1) is 0 Å². The van der Waals surface area contributed by atoms with E-state index in [4.69, 9.17) is 0 Å². The van der Waals surface area contributed by atoms with Crippen LogP contribution in [0, 0.1) is 28.9 Å². The highest BCUT2D eigenvalue weighted by molar-refractivity contribution is 5.95. The molecule has 0 aliphatic carbocycles. The lowest BCUT2D eigenvalue weighted by Crippen LogP contribution is -2.38. The summed E-state index contributed by atoms with van der Waals surface area (Å²) in [6, 6.07) is 4.82. The van der Waals surface area contributed by atoms with Crippen molar-refractivity contribution in [1.82, 2.24) is 10.2 Å². The molecule has 0 radical (unpaired) electrons. The van der Waals surface area contributed by atoms with Gasteiger partial charge in [0.15, 0.2) is 0 Å². The van der Waals surface area contributed by atoms with Crippen LogP contribution in [0.4, 0.5) is 5.69 Å². The van der Waals surface area contributed by atoms with Crippen molar-refractivity contribution in [2.24, 2.45) is 11.8 Å². The van der Waals surface area contributed by atoms with Gasteiger partial charge in [-0.3, -0.25) is 14.9 Å². The van der Waals surface area contributed by atoms with E-state index in [-0.39, 0.29) is 17.6 Å².